The van der Waals surface area contributed by atoms with Gasteiger partial charge in [0.05, 0.1) is 11.7 Å². The molecule has 5 rings (SSSR count). The second-order valence-corrected chi connectivity index (χ2v) is 6.41. The maximum absolute atomic E-state index is 5.81. The zero-order valence-electron chi connectivity index (χ0n) is 13.5. The summed E-state index contributed by atoms with van der Waals surface area (Å²) in [5, 5.41) is 16.8. The number of fused-ring (bicyclic) bond motifs is 1. The number of benzene rings is 2. The molecule has 0 radical (unpaired) electrons. The monoisotopic (exact) mass is 328 g/mol. The molecule has 2 heterocycles. The van der Waals surface area contributed by atoms with Gasteiger partial charge in [-0.25, -0.2) is 4.98 Å². The van der Waals surface area contributed by atoms with E-state index >= 15 is 0 Å². The third-order valence-corrected chi connectivity index (χ3v) is 4.62. The van der Waals surface area contributed by atoms with Crippen molar-refractivity contribution in [1.82, 2.24) is 25.4 Å². The Bertz CT molecular complexity index is 1070. The van der Waals surface area contributed by atoms with Gasteiger partial charge in [-0.05, 0) is 36.5 Å². The zero-order chi connectivity index (χ0) is 16.8. The van der Waals surface area contributed by atoms with Gasteiger partial charge in [0.25, 0.3) is 0 Å². The van der Waals surface area contributed by atoms with Crippen LogP contribution in [0, 0.1) is 0 Å². The molecule has 1 saturated carbocycles. The number of hydrogen-bond donors (Lipinski definition) is 2. The van der Waals surface area contributed by atoms with E-state index in [1.807, 2.05) is 36.5 Å². The fourth-order valence-electron chi connectivity index (χ4n) is 3.27. The molecule has 6 heteroatoms. The molecule has 1 fully saturated rings. The Labute approximate surface area is 144 Å². The quantitative estimate of drug-likeness (QED) is 0.600. The summed E-state index contributed by atoms with van der Waals surface area (Å²) in [5.74, 6) is 0.771. The highest BCUT2D eigenvalue weighted by atomic mass is 15.2. The maximum Gasteiger partial charge on any atom is 0.240 e. The van der Waals surface area contributed by atoms with Crippen molar-refractivity contribution < 1.29 is 0 Å². The molecule has 0 amide bonds. The van der Waals surface area contributed by atoms with Crippen LogP contribution < -0.4 is 5.73 Å². The van der Waals surface area contributed by atoms with Crippen molar-refractivity contribution in [2.75, 3.05) is 5.73 Å². The average molecular weight is 328 g/mol. The summed E-state index contributed by atoms with van der Waals surface area (Å²) >= 11 is 0. The Balaban J connectivity index is 1.75. The Hall–Kier alpha value is -3.28. The topological polar surface area (TPSA) is 93.4 Å². The molecule has 0 saturated heterocycles. The molecule has 4 aromatic rings. The first-order chi connectivity index (χ1) is 12.3. The lowest BCUT2D eigenvalue weighted by molar-refractivity contribution is 0.996. The Morgan fingerprint density at radius 2 is 1.80 bits per heavy atom. The third kappa shape index (κ3) is 2.42. The molecule has 6 nitrogen and oxygen atoms in total. The lowest BCUT2D eigenvalue weighted by Gasteiger charge is -2.10. The molecule has 1 aliphatic carbocycles. The number of anilines is 1. The largest absolute Gasteiger partial charge is 0.366 e. The van der Waals surface area contributed by atoms with Crippen LogP contribution in [0.15, 0.2) is 48.7 Å². The molecule has 25 heavy (non-hydrogen) atoms. The number of rotatable bonds is 3. The number of nitrogen functional groups attached to an aromatic ring is 1. The number of aromatic amines is 1. The molecule has 0 bridgehead atoms. The second kappa shape index (κ2) is 5.37. The van der Waals surface area contributed by atoms with Crippen LogP contribution in [-0.4, -0.2) is 25.4 Å². The predicted octanol–water partition coefficient (Wildman–Crippen LogP) is 3.54. The van der Waals surface area contributed by atoms with E-state index in [1.54, 1.807) is 0 Å². The number of H-pyrrole nitrogens is 1. The minimum atomic E-state index is 0.175. The molecule has 0 spiro atoms. The minimum absolute atomic E-state index is 0.175. The van der Waals surface area contributed by atoms with Gasteiger partial charge >= 0.3 is 0 Å². The van der Waals surface area contributed by atoms with Gasteiger partial charge in [0.15, 0.2) is 0 Å². The van der Waals surface area contributed by atoms with Gasteiger partial charge in [-0.1, -0.05) is 30.3 Å². The van der Waals surface area contributed by atoms with Crippen molar-refractivity contribution in [3.63, 3.8) is 0 Å². The van der Waals surface area contributed by atoms with Crippen LogP contribution in [0.1, 0.15) is 24.3 Å². The molecule has 2 aromatic carbocycles. The molecule has 0 unspecified atom stereocenters. The number of hydrogen-bond acceptors (Lipinski definition) is 5. The standard InChI is InChI=1S/C19H16N6/c20-19-22-17(12-4-2-1-3-5-12)18(24-25-19)13-8-14-10-21-23-16(14)15(9-13)11-6-7-11/h1-5,8-11H,6-7H2,(H,21,23)(H2,20,22,25). The molecule has 2 aromatic heterocycles. The normalized spacial score (nSPS) is 14.1. The smallest absolute Gasteiger partial charge is 0.240 e. The minimum Gasteiger partial charge on any atom is -0.366 e. The van der Waals surface area contributed by atoms with E-state index in [4.69, 9.17) is 5.73 Å². The van der Waals surface area contributed by atoms with E-state index < -0.39 is 0 Å². The van der Waals surface area contributed by atoms with E-state index in [0.717, 1.165) is 33.4 Å². The summed E-state index contributed by atoms with van der Waals surface area (Å²) in [6.45, 7) is 0. The van der Waals surface area contributed by atoms with Gasteiger partial charge in [-0.15, -0.1) is 10.2 Å². The number of nitrogens with zero attached hydrogens (tertiary/aromatic N) is 4. The van der Waals surface area contributed by atoms with E-state index in [9.17, 15) is 0 Å². The number of nitrogens with two attached hydrogens (primary N) is 1. The van der Waals surface area contributed by atoms with Crippen molar-refractivity contribution in [2.45, 2.75) is 18.8 Å². The third-order valence-electron chi connectivity index (χ3n) is 4.62. The van der Waals surface area contributed by atoms with E-state index in [0.29, 0.717) is 5.92 Å². The van der Waals surface area contributed by atoms with Gasteiger partial charge in [0.2, 0.25) is 5.95 Å². The lowest BCUT2D eigenvalue weighted by Crippen LogP contribution is -2.02. The van der Waals surface area contributed by atoms with E-state index in [2.05, 4.69) is 37.5 Å². The average Bonchev–Trinajstić information content (AvgIpc) is 3.38. The molecule has 0 aliphatic heterocycles. The van der Waals surface area contributed by atoms with Gasteiger partial charge in [-0.2, -0.15) is 5.10 Å². The summed E-state index contributed by atoms with van der Waals surface area (Å²) < 4.78 is 0. The van der Waals surface area contributed by atoms with Crippen LogP contribution in [0.5, 0.6) is 0 Å². The molecule has 0 atom stereocenters. The van der Waals surface area contributed by atoms with Crippen LogP contribution >= 0.6 is 0 Å². The molecule has 1 aliphatic rings. The van der Waals surface area contributed by atoms with Gasteiger partial charge in [-0.3, -0.25) is 5.10 Å². The molecule has 3 N–H and O–H groups in total. The van der Waals surface area contributed by atoms with Crippen molar-refractivity contribution in [3.8, 4) is 22.5 Å². The second-order valence-electron chi connectivity index (χ2n) is 6.41. The Kier molecular flexibility index (Phi) is 3.03. The predicted molar refractivity (Wildman–Crippen MR) is 96.7 cm³/mol. The molecular formula is C19H16N6. The van der Waals surface area contributed by atoms with Crippen molar-refractivity contribution in [1.29, 1.82) is 0 Å². The fraction of sp³-hybridized carbons (Fsp3) is 0.158. The number of aromatic nitrogens is 5. The van der Waals surface area contributed by atoms with Gasteiger partial charge < -0.3 is 5.73 Å². The molecule has 122 valence electrons. The highest BCUT2D eigenvalue weighted by Crippen LogP contribution is 2.44. The summed E-state index contributed by atoms with van der Waals surface area (Å²) in [4.78, 5) is 4.46. The van der Waals surface area contributed by atoms with Crippen LogP contribution in [0.3, 0.4) is 0 Å². The van der Waals surface area contributed by atoms with Crippen LogP contribution in [0.2, 0.25) is 0 Å². The van der Waals surface area contributed by atoms with Crippen molar-refractivity contribution >= 4 is 16.9 Å². The SMILES string of the molecule is Nc1nnc(-c2cc(C3CC3)c3[nH]ncc3c2)c(-c2ccccc2)n1. The highest BCUT2D eigenvalue weighted by molar-refractivity contribution is 5.89. The number of nitrogens with one attached hydrogen (secondary N) is 1. The Morgan fingerprint density at radius 1 is 0.960 bits per heavy atom. The van der Waals surface area contributed by atoms with E-state index in [-0.39, 0.29) is 5.95 Å². The summed E-state index contributed by atoms with van der Waals surface area (Å²) in [6.07, 6.45) is 4.29. The summed E-state index contributed by atoms with van der Waals surface area (Å²) in [6, 6.07) is 14.2. The summed E-state index contributed by atoms with van der Waals surface area (Å²) in [5.41, 5.74) is 11.7. The lowest BCUT2D eigenvalue weighted by atomic mass is 9.98. The van der Waals surface area contributed by atoms with Gasteiger partial charge in [0.1, 0.15) is 11.4 Å². The zero-order valence-corrected chi connectivity index (χ0v) is 13.5. The highest BCUT2D eigenvalue weighted by Gasteiger charge is 2.27. The maximum atomic E-state index is 5.81. The summed E-state index contributed by atoms with van der Waals surface area (Å²) in [7, 11) is 0. The Morgan fingerprint density at radius 3 is 2.60 bits per heavy atom. The van der Waals surface area contributed by atoms with Crippen LogP contribution in [-0.2, 0) is 0 Å². The first-order valence-electron chi connectivity index (χ1n) is 8.32. The first-order valence-corrected chi connectivity index (χ1v) is 8.32. The van der Waals surface area contributed by atoms with Crippen LogP contribution in [0.25, 0.3) is 33.4 Å². The van der Waals surface area contributed by atoms with Crippen molar-refractivity contribution in [2.24, 2.45) is 0 Å². The first kappa shape index (κ1) is 14.1. The fourth-order valence-corrected chi connectivity index (χ4v) is 3.27. The molecular weight excluding hydrogens is 312 g/mol. The van der Waals surface area contributed by atoms with Crippen molar-refractivity contribution in [3.05, 3.63) is 54.2 Å². The van der Waals surface area contributed by atoms with Gasteiger partial charge in [0, 0.05) is 16.5 Å². The van der Waals surface area contributed by atoms with Crippen LogP contribution in [0.4, 0.5) is 5.95 Å². The van der Waals surface area contributed by atoms with E-state index in [1.165, 1.54) is 18.4 Å².